The molecule has 0 atom stereocenters. The highest BCUT2D eigenvalue weighted by Gasteiger charge is 2.08. The lowest BCUT2D eigenvalue weighted by molar-refractivity contribution is 0.302. The van der Waals surface area contributed by atoms with Crippen LogP contribution in [0, 0.1) is 0 Å². The summed E-state index contributed by atoms with van der Waals surface area (Å²) in [6, 6.07) is 11.0. The van der Waals surface area contributed by atoms with Crippen molar-refractivity contribution in [2.24, 2.45) is 5.73 Å². The van der Waals surface area contributed by atoms with Gasteiger partial charge in [0.1, 0.15) is 18.1 Å². The van der Waals surface area contributed by atoms with Crippen LogP contribution >= 0.6 is 23.2 Å². The summed E-state index contributed by atoms with van der Waals surface area (Å²) >= 11 is 12.1. The van der Waals surface area contributed by atoms with Gasteiger partial charge in [0.05, 0.1) is 7.11 Å². The van der Waals surface area contributed by atoms with Gasteiger partial charge in [0.2, 0.25) is 0 Å². The lowest BCUT2D eigenvalue weighted by Gasteiger charge is -2.13. The maximum Gasteiger partial charge on any atom is 0.123 e. The summed E-state index contributed by atoms with van der Waals surface area (Å²) in [7, 11) is 1.63. The minimum Gasteiger partial charge on any atom is -0.497 e. The predicted octanol–water partition coefficient (Wildman–Crippen LogP) is 4.08. The van der Waals surface area contributed by atoms with E-state index in [1.807, 2.05) is 18.2 Å². The van der Waals surface area contributed by atoms with Crippen LogP contribution in [0.25, 0.3) is 0 Å². The fraction of sp³-hybridized carbons (Fsp3) is 0.250. The molecular weight excluding hydrogens is 309 g/mol. The first-order valence-electron chi connectivity index (χ1n) is 6.57. The summed E-state index contributed by atoms with van der Waals surface area (Å²) in [6.07, 6.45) is 0.718. The number of benzene rings is 2. The van der Waals surface area contributed by atoms with Crippen molar-refractivity contribution in [2.45, 2.75) is 13.0 Å². The predicted molar refractivity (Wildman–Crippen MR) is 86.5 cm³/mol. The third kappa shape index (κ3) is 4.27. The van der Waals surface area contributed by atoms with E-state index in [4.69, 9.17) is 38.4 Å². The molecule has 0 aliphatic heterocycles. The average Bonchev–Trinajstić information content (AvgIpc) is 2.49. The van der Waals surface area contributed by atoms with E-state index >= 15 is 0 Å². The van der Waals surface area contributed by atoms with Gasteiger partial charge in [-0.15, -0.1) is 0 Å². The van der Waals surface area contributed by atoms with Crippen LogP contribution in [-0.4, -0.2) is 13.7 Å². The van der Waals surface area contributed by atoms with Crippen LogP contribution in [0.4, 0.5) is 0 Å². The number of hydrogen-bond donors (Lipinski definition) is 1. The maximum absolute atomic E-state index is 6.13. The molecule has 112 valence electrons. The normalized spacial score (nSPS) is 10.5. The van der Waals surface area contributed by atoms with E-state index in [2.05, 4.69) is 0 Å². The molecule has 0 heterocycles. The molecule has 0 radical (unpaired) electrons. The molecule has 2 rings (SSSR count). The summed E-state index contributed by atoms with van der Waals surface area (Å²) in [5.41, 5.74) is 7.49. The van der Waals surface area contributed by atoms with E-state index in [0.717, 1.165) is 29.0 Å². The van der Waals surface area contributed by atoms with Crippen molar-refractivity contribution in [3.63, 3.8) is 0 Å². The summed E-state index contributed by atoms with van der Waals surface area (Å²) in [5, 5.41) is 1.27. The zero-order valence-electron chi connectivity index (χ0n) is 11.7. The van der Waals surface area contributed by atoms with Gasteiger partial charge in [0, 0.05) is 15.6 Å². The average molecular weight is 326 g/mol. The highest BCUT2D eigenvalue weighted by Crippen LogP contribution is 2.27. The van der Waals surface area contributed by atoms with E-state index in [1.165, 1.54) is 0 Å². The Balaban J connectivity index is 2.17. The van der Waals surface area contributed by atoms with Gasteiger partial charge < -0.3 is 15.2 Å². The van der Waals surface area contributed by atoms with Crippen molar-refractivity contribution < 1.29 is 9.47 Å². The molecule has 0 amide bonds. The SMILES string of the molecule is COc1ccc(OCc2cc(Cl)ccc2Cl)c(CCN)c1. The van der Waals surface area contributed by atoms with E-state index in [-0.39, 0.29) is 0 Å². The number of hydrogen-bond acceptors (Lipinski definition) is 3. The molecule has 5 heteroatoms. The van der Waals surface area contributed by atoms with Crippen LogP contribution in [0.5, 0.6) is 11.5 Å². The lowest BCUT2D eigenvalue weighted by Crippen LogP contribution is -2.06. The van der Waals surface area contributed by atoms with Gasteiger partial charge in [-0.1, -0.05) is 23.2 Å². The third-order valence-electron chi connectivity index (χ3n) is 3.07. The Morgan fingerprint density at radius 3 is 2.57 bits per heavy atom. The van der Waals surface area contributed by atoms with Crippen molar-refractivity contribution in [3.8, 4) is 11.5 Å². The summed E-state index contributed by atoms with van der Waals surface area (Å²) in [6.45, 7) is 0.894. The molecule has 21 heavy (non-hydrogen) atoms. The van der Waals surface area contributed by atoms with Crippen molar-refractivity contribution in [1.82, 2.24) is 0 Å². The number of nitrogens with two attached hydrogens (primary N) is 1. The molecule has 0 aliphatic carbocycles. The Bertz CT molecular complexity index is 617. The van der Waals surface area contributed by atoms with Crippen LogP contribution < -0.4 is 15.2 Å². The topological polar surface area (TPSA) is 44.5 Å². The standard InChI is InChI=1S/C16H17Cl2NO2/c1-20-14-3-5-16(11(9-14)6-7-19)21-10-12-8-13(17)2-4-15(12)18/h2-5,8-9H,6-7,10,19H2,1H3. The van der Waals surface area contributed by atoms with Gasteiger partial charge in [-0.05, 0) is 54.9 Å². The minimum absolute atomic E-state index is 0.350. The first-order valence-corrected chi connectivity index (χ1v) is 7.33. The molecule has 0 spiro atoms. The minimum atomic E-state index is 0.350. The van der Waals surface area contributed by atoms with Crippen LogP contribution in [0.2, 0.25) is 10.0 Å². The molecule has 0 saturated carbocycles. The molecule has 2 N–H and O–H groups in total. The van der Waals surface area contributed by atoms with E-state index < -0.39 is 0 Å². The third-order valence-corrected chi connectivity index (χ3v) is 3.68. The second kappa shape index (κ2) is 7.55. The quantitative estimate of drug-likeness (QED) is 0.870. The van der Waals surface area contributed by atoms with E-state index in [0.29, 0.717) is 23.2 Å². The van der Waals surface area contributed by atoms with Gasteiger partial charge in [-0.25, -0.2) is 0 Å². The Kier molecular flexibility index (Phi) is 5.74. The van der Waals surface area contributed by atoms with Gasteiger partial charge in [-0.2, -0.15) is 0 Å². The lowest BCUT2D eigenvalue weighted by atomic mass is 10.1. The van der Waals surface area contributed by atoms with E-state index in [1.54, 1.807) is 25.3 Å². The fourth-order valence-electron chi connectivity index (χ4n) is 1.98. The van der Waals surface area contributed by atoms with Gasteiger partial charge in [-0.3, -0.25) is 0 Å². The van der Waals surface area contributed by atoms with Crippen molar-refractivity contribution in [1.29, 1.82) is 0 Å². The Labute approximate surface area is 134 Å². The zero-order chi connectivity index (χ0) is 15.2. The van der Waals surface area contributed by atoms with E-state index in [9.17, 15) is 0 Å². The fourth-order valence-corrected chi connectivity index (χ4v) is 2.35. The molecule has 2 aromatic rings. The zero-order valence-corrected chi connectivity index (χ0v) is 13.2. The molecule has 0 bridgehead atoms. The molecule has 2 aromatic carbocycles. The Morgan fingerprint density at radius 1 is 1.05 bits per heavy atom. The largest absolute Gasteiger partial charge is 0.497 e. The second-order valence-electron chi connectivity index (χ2n) is 4.54. The number of methoxy groups -OCH3 is 1. The number of halogens is 2. The summed E-state index contributed by atoms with van der Waals surface area (Å²) < 4.78 is 11.1. The Hall–Kier alpha value is -1.42. The molecule has 0 unspecified atom stereocenters. The maximum atomic E-state index is 6.13. The van der Waals surface area contributed by atoms with Crippen LogP contribution in [0.1, 0.15) is 11.1 Å². The first kappa shape index (κ1) is 16.0. The van der Waals surface area contributed by atoms with Crippen molar-refractivity contribution in [3.05, 3.63) is 57.6 Å². The van der Waals surface area contributed by atoms with Crippen LogP contribution in [-0.2, 0) is 13.0 Å². The van der Waals surface area contributed by atoms with Crippen LogP contribution in [0.15, 0.2) is 36.4 Å². The summed E-state index contributed by atoms with van der Waals surface area (Å²) in [5.74, 6) is 1.56. The number of rotatable bonds is 6. The molecular formula is C16H17Cl2NO2. The summed E-state index contributed by atoms with van der Waals surface area (Å²) in [4.78, 5) is 0. The monoisotopic (exact) mass is 325 g/mol. The molecule has 0 saturated heterocycles. The Morgan fingerprint density at radius 2 is 1.86 bits per heavy atom. The van der Waals surface area contributed by atoms with Crippen molar-refractivity contribution >= 4 is 23.2 Å². The molecule has 0 aliphatic rings. The molecule has 0 fully saturated rings. The van der Waals surface area contributed by atoms with Gasteiger partial charge in [0.15, 0.2) is 0 Å². The highest BCUT2D eigenvalue weighted by atomic mass is 35.5. The smallest absolute Gasteiger partial charge is 0.123 e. The van der Waals surface area contributed by atoms with Crippen LogP contribution in [0.3, 0.4) is 0 Å². The number of ether oxygens (including phenoxy) is 2. The van der Waals surface area contributed by atoms with Gasteiger partial charge in [0.25, 0.3) is 0 Å². The second-order valence-corrected chi connectivity index (χ2v) is 5.38. The molecule has 3 nitrogen and oxygen atoms in total. The van der Waals surface area contributed by atoms with Gasteiger partial charge >= 0.3 is 0 Å². The first-order chi connectivity index (χ1) is 10.1. The van der Waals surface area contributed by atoms with Crippen molar-refractivity contribution in [2.75, 3.05) is 13.7 Å². The highest BCUT2D eigenvalue weighted by molar-refractivity contribution is 6.33. The molecule has 0 aromatic heterocycles.